The lowest BCUT2D eigenvalue weighted by Crippen LogP contribution is -2.33. The number of carbonyl (C=O) groups is 1. The van der Waals surface area contributed by atoms with E-state index in [1.165, 1.54) is 5.56 Å². The van der Waals surface area contributed by atoms with Crippen molar-refractivity contribution in [3.05, 3.63) is 53.7 Å². The SMILES string of the molecule is CCC(c1ccc(OC)cc1)N(C)CC(=O)Nc1ccc(C)cn1. The van der Waals surface area contributed by atoms with Gasteiger partial charge < -0.3 is 10.1 Å². The number of nitrogens with zero attached hydrogens (tertiary/aromatic N) is 2. The topological polar surface area (TPSA) is 54.5 Å². The van der Waals surface area contributed by atoms with Crippen molar-refractivity contribution < 1.29 is 9.53 Å². The normalized spacial score (nSPS) is 12.0. The summed E-state index contributed by atoms with van der Waals surface area (Å²) in [5, 5.41) is 2.84. The number of anilines is 1. The minimum absolute atomic E-state index is 0.0687. The van der Waals surface area contributed by atoms with E-state index in [0.717, 1.165) is 17.7 Å². The molecule has 0 radical (unpaired) electrons. The molecule has 0 saturated heterocycles. The molecule has 1 aromatic carbocycles. The smallest absolute Gasteiger partial charge is 0.239 e. The van der Waals surface area contributed by atoms with Gasteiger partial charge in [0.25, 0.3) is 0 Å². The first-order valence-corrected chi connectivity index (χ1v) is 8.10. The Morgan fingerprint density at radius 3 is 2.50 bits per heavy atom. The molecule has 0 bridgehead atoms. The molecule has 0 aliphatic heterocycles. The molecule has 1 aromatic heterocycles. The highest BCUT2D eigenvalue weighted by Gasteiger charge is 2.18. The van der Waals surface area contributed by atoms with E-state index in [4.69, 9.17) is 4.74 Å². The third-order valence-corrected chi connectivity index (χ3v) is 3.99. The van der Waals surface area contributed by atoms with Gasteiger partial charge in [-0.1, -0.05) is 25.1 Å². The summed E-state index contributed by atoms with van der Waals surface area (Å²) in [6.45, 7) is 4.39. The van der Waals surface area contributed by atoms with Gasteiger partial charge in [0.1, 0.15) is 11.6 Å². The molecule has 1 amide bonds. The molecule has 1 N–H and O–H groups in total. The van der Waals surface area contributed by atoms with Gasteiger partial charge in [-0.25, -0.2) is 4.98 Å². The van der Waals surface area contributed by atoms with Gasteiger partial charge in [0.05, 0.1) is 13.7 Å². The first-order valence-electron chi connectivity index (χ1n) is 8.10. The lowest BCUT2D eigenvalue weighted by atomic mass is 10.0. The van der Waals surface area contributed by atoms with Gasteiger partial charge >= 0.3 is 0 Å². The van der Waals surface area contributed by atoms with E-state index in [-0.39, 0.29) is 11.9 Å². The Morgan fingerprint density at radius 1 is 1.25 bits per heavy atom. The van der Waals surface area contributed by atoms with Crippen molar-refractivity contribution in [1.82, 2.24) is 9.88 Å². The van der Waals surface area contributed by atoms with Crippen molar-refractivity contribution in [2.45, 2.75) is 26.3 Å². The molecule has 1 atom stereocenters. The second-order valence-corrected chi connectivity index (χ2v) is 5.88. The summed E-state index contributed by atoms with van der Waals surface area (Å²) in [7, 11) is 3.61. The average Bonchev–Trinajstić information content (AvgIpc) is 2.58. The predicted octanol–water partition coefficient (Wildman–Crippen LogP) is 3.42. The molecular formula is C19H25N3O2. The molecule has 0 spiro atoms. The van der Waals surface area contributed by atoms with Crippen molar-refractivity contribution in [2.24, 2.45) is 0 Å². The Morgan fingerprint density at radius 2 is 1.96 bits per heavy atom. The molecule has 2 aromatic rings. The Balaban J connectivity index is 1.98. The van der Waals surface area contributed by atoms with Crippen molar-refractivity contribution in [3.8, 4) is 5.75 Å². The molecular weight excluding hydrogens is 302 g/mol. The van der Waals surface area contributed by atoms with Crippen LogP contribution in [-0.2, 0) is 4.79 Å². The number of amides is 1. The first kappa shape index (κ1) is 17.9. The van der Waals surface area contributed by atoms with Crippen LogP contribution in [0.3, 0.4) is 0 Å². The van der Waals surface area contributed by atoms with Gasteiger partial charge in [-0.2, -0.15) is 0 Å². The Hall–Kier alpha value is -2.40. The third kappa shape index (κ3) is 4.80. The van der Waals surface area contributed by atoms with E-state index < -0.39 is 0 Å². The molecule has 5 nitrogen and oxygen atoms in total. The van der Waals surface area contributed by atoms with Crippen molar-refractivity contribution >= 4 is 11.7 Å². The molecule has 1 heterocycles. The maximum atomic E-state index is 12.2. The maximum Gasteiger partial charge on any atom is 0.239 e. The van der Waals surface area contributed by atoms with Crippen LogP contribution in [-0.4, -0.2) is 36.5 Å². The third-order valence-electron chi connectivity index (χ3n) is 3.99. The van der Waals surface area contributed by atoms with E-state index in [1.807, 2.05) is 55.3 Å². The quantitative estimate of drug-likeness (QED) is 0.846. The van der Waals surface area contributed by atoms with Crippen LogP contribution in [0.25, 0.3) is 0 Å². The number of ether oxygens (including phenoxy) is 1. The molecule has 0 saturated carbocycles. The number of hydrogen-bond acceptors (Lipinski definition) is 4. The molecule has 0 aliphatic rings. The van der Waals surface area contributed by atoms with Crippen LogP contribution in [0.1, 0.15) is 30.5 Å². The fourth-order valence-corrected chi connectivity index (χ4v) is 2.69. The number of nitrogens with one attached hydrogen (secondary N) is 1. The molecule has 2 rings (SSSR count). The highest BCUT2D eigenvalue weighted by Crippen LogP contribution is 2.24. The van der Waals surface area contributed by atoms with Crippen LogP contribution < -0.4 is 10.1 Å². The fourth-order valence-electron chi connectivity index (χ4n) is 2.69. The van der Waals surface area contributed by atoms with Crippen LogP contribution in [0, 0.1) is 6.92 Å². The fraction of sp³-hybridized carbons (Fsp3) is 0.368. The van der Waals surface area contributed by atoms with Crippen molar-refractivity contribution in [2.75, 3.05) is 26.0 Å². The van der Waals surface area contributed by atoms with Crippen LogP contribution in [0.2, 0.25) is 0 Å². The van der Waals surface area contributed by atoms with Gasteiger partial charge in [-0.3, -0.25) is 9.69 Å². The summed E-state index contributed by atoms with van der Waals surface area (Å²) in [6, 6.07) is 11.9. The van der Waals surface area contributed by atoms with Crippen LogP contribution in [0.4, 0.5) is 5.82 Å². The number of aromatic nitrogens is 1. The largest absolute Gasteiger partial charge is 0.497 e. The number of aryl methyl sites for hydroxylation is 1. The van der Waals surface area contributed by atoms with E-state index in [9.17, 15) is 4.79 Å². The lowest BCUT2D eigenvalue weighted by Gasteiger charge is -2.27. The molecule has 5 heteroatoms. The number of carbonyl (C=O) groups excluding carboxylic acids is 1. The Kier molecular flexibility index (Phi) is 6.32. The van der Waals surface area contributed by atoms with Gasteiger partial charge in [-0.15, -0.1) is 0 Å². The minimum Gasteiger partial charge on any atom is -0.497 e. The van der Waals surface area contributed by atoms with Crippen molar-refractivity contribution in [1.29, 1.82) is 0 Å². The van der Waals surface area contributed by atoms with Gasteiger partial charge in [0, 0.05) is 12.2 Å². The highest BCUT2D eigenvalue weighted by molar-refractivity contribution is 5.91. The lowest BCUT2D eigenvalue weighted by molar-refractivity contribution is -0.117. The van der Waals surface area contributed by atoms with Crippen LogP contribution in [0.5, 0.6) is 5.75 Å². The predicted molar refractivity (Wildman–Crippen MR) is 96.3 cm³/mol. The highest BCUT2D eigenvalue weighted by atomic mass is 16.5. The zero-order valence-corrected chi connectivity index (χ0v) is 14.7. The first-order chi connectivity index (χ1) is 11.5. The number of pyridine rings is 1. The number of benzene rings is 1. The second-order valence-electron chi connectivity index (χ2n) is 5.88. The number of likely N-dealkylation sites (N-methyl/N-ethyl adjacent to an activating group) is 1. The zero-order valence-electron chi connectivity index (χ0n) is 14.7. The summed E-state index contributed by atoms with van der Waals surface area (Å²) in [5.74, 6) is 1.34. The van der Waals surface area contributed by atoms with E-state index in [1.54, 1.807) is 13.3 Å². The van der Waals surface area contributed by atoms with Gasteiger partial charge in [0.2, 0.25) is 5.91 Å². The number of methoxy groups -OCH3 is 1. The minimum atomic E-state index is -0.0687. The molecule has 1 unspecified atom stereocenters. The summed E-state index contributed by atoms with van der Waals surface area (Å²) in [6.07, 6.45) is 2.66. The molecule has 128 valence electrons. The molecule has 0 aliphatic carbocycles. The van der Waals surface area contributed by atoms with Gasteiger partial charge in [-0.05, 0) is 49.7 Å². The number of rotatable bonds is 7. The molecule has 0 fully saturated rings. The zero-order chi connectivity index (χ0) is 17.5. The standard InChI is InChI=1S/C19H25N3O2/c1-5-17(15-7-9-16(24-4)10-8-15)22(3)13-19(23)21-18-11-6-14(2)12-20-18/h6-12,17H,5,13H2,1-4H3,(H,20,21,23). The monoisotopic (exact) mass is 327 g/mol. The van der Waals surface area contributed by atoms with Crippen LogP contribution >= 0.6 is 0 Å². The van der Waals surface area contributed by atoms with Crippen molar-refractivity contribution in [3.63, 3.8) is 0 Å². The van der Waals surface area contributed by atoms with Crippen LogP contribution in [0.15, 0.2) is 42.6 Å². The molecule has 24 heavy (non-hydrogen) atoms. The Bertz CT molecular complexity index is 653. The summed E-state index contributed by atoms with van der Waals surface area (Å²) < 4.78 is 5.20. The van der Waals surface area contributed by atoms with E-state index >= 15 is 0 Å². The summed E-state index contributed by atoms with van der Waals surface area (Å²) in [4.78, 5) is 18.5. The summed E-state index contributed by atoms with van der Waals surface area (Å²) >= 11 is 0. The average molecular weight is 327 g/mol. The van der Waals surface area contributed by atoms with E-state index in [2.05, 4.69) is 17.2 Å². The van der Waals surface area contributed by atoms with E-state index in [0.29, 0.717) is 12.4 Å². The maximum absolute atomic E-state index is 12.2. The second kappa shape index (κ2) is 8.45. The number of hydrogen-bond donors (Lipinski definition) is 1. The Labute approximate surface area is 143 Å². The van der Waals surface area contributed by atoms with Gasteiger partial charge in [0.15, 0.2) is 0 Å². The summed E-state index contributed by atoms with van der Waals surface area (Å²) in [5.41, 5.74) is 2.23.